The van der Waals surface area contributed by atoms with Crippen LogP contribution >= 0.6 is 0 Å². The van der Waals surface area contributed by atoms with Gasteiger partial charge in [0.25, 0.3) is 0 Å². The summed E-state index contributed by atoms with van der Waals surface area (Å²) in [5.74, 6) is 3.45. The summed E-state index contributed by atoms with van der Waals surface area (Å²) in [5, 5.41) is 2.29. The van der Waals surface area contributed by atoms with Crippen LogP contribution in [0.2, 0.25) is 0 Å². The molecule has 4 aliphatic carbocycles. The summed E-state index contributed by atoms with van der Waals surface area (Å²) in [4.78, 5) is 2.36. The molecule has 7 aromatic carbocycles. The first-order chi connectivity index (χ1) is 29.2. The Balaban J connectivity index is 0.912. The Morgan fingerprint density at radius 2 is 1.29 bits per heavy atom. The van der Waals surface area contributed by atoms with Crippen molar-refractivity contribution in [1.29, 1.82) is 0 Å². The van der Waals surface area contributed by atoms with E-state index in [4.69, 9.17) is 13.9 Å². The minimum atomic E-state index is -0.329. The molecule has 3 unspecified atom stereocenters. The second kappa shape index (κ2) is 12.3. The fraction of sp³-hybridized carbons (Fsp3) is 0.0909. The van der Waals surface area contributed by atoms with E-state index in [0.29, 0.717) is 17.4 Å². The molecule has 0 saturated carbocycles. The molecular weight excluding hydrogens is 723 g/mol. The summed E-state index contributed by atoms with van der Waals surface area (Å²) in [6, 6.07) is 54.2. The molecule has 5 aliphatic rings. The van der Waals surface area contributed by atoms with Crippen molar-refractivity contribution in [1.82, 2.24) is 0 Å². The average Bonchev–Trinajstić information content (AvgIpc) is 3.92. The molecule has 0 radical (unpaired) electrons. The molecule has 2 heterocycles. The van der Waals surface area contributed by atoms with Gasteiger partial charge in [-0.05, 0) is 112 Å². The van der Waals surface area contributed by atoms with E-state index in [2.05, 4.69) is 181 Å². The first kappa shape index (κ1) is 32.8. The number of hydrogen-bond acceptors (Lipinski definition) is 4. The predicted molar refractivity (Wildman–Crippen MR) is 237 cm³/mol. The van der Waals surface area contributed by atoms with Gasteiger partial charge in [0.15, 0.2) is 23.0 Å². The standard InChI is InChI=1S/C55H37NO3/c1-2-15-35(16-3-1)56(36-17-12-14-34(30-36)38-22-13-27-50-54(38)42-21-7-11-26-48(42)57-50)37-28-29-49-51(31-37)59-52-32-43-41-20-6-10-25-46(41)55(47(43)33-53(52)58-49)44-23-8-4-18-39(44)40-19-5-9-24-45(40)55/h1-11,13-16,18-33,39,44H,12,17H2. The van der Waals surface area contributed by atoms with Crippen LogP contribution in [0.3, 0.4) is 0 Å². The van der Waals surface area contributed by atoms with Crippen molar-refractivity contribution in [2.24, 2.45) is 5.92 Å². The highest BCUT2D eigenvalue weighted by Crippen LogP contribution is 2.66. The van der Waals surface area contributed by atoms with Crippen molar-refractivity contribution in [2.45, 2.75) is 24.2 Å². The zero-order valence-corrected chi connectivity index (χ0v) is 32.1. The Bertz CT molecular complexity index is 3200. The lowest BCUT2D eigenvalue weighted by Crippen LogP contribution is -2.33. The van der Waals surface area contributed by atoms with Crippen LogP contribution < -0.4 is 14.4 Å². The monoisotopic (exact) mass is 759 g/mol. The molecule has 0 amide bonds. The van der Waals surface area contributed by atoms with Gasteiger partial charge in [0.05, 0.1) is 5.41 Å². The lowest BCUT2D eigenvalue weighted by atomic mass is 9.65. The molecular formula is C55H37NO3. The molecule has 3 atom stereocenters. The molecule has 280 valence electrons. The van der Waals surface area contributed by atoms with Crippen molar-refractivity contribution in [2.75, 3.05) is 4.90 Å². The molecule has 1 aromatic heterocycles. The van der Waals surface area contributed by atoms with Crippen LogP contribution in [-0.4, -0.2) is 0 Å². The van der Waals surface area contributed by atoms with Crippen molar-refractivity contribution in [3.8, 4) is 34.1 Å². The van der Waals surface area contributed by atoms with E-state index in [1.54, 1.807) is 0 Å². The molecule has 8 aromatic rings. The highest BCUT2D eigenvalue weighted by atomic mass is 16.6. The maximum absolute atomic E-state index is 6.91. The molecule has 59 heavy (non-hydrogen) atoms. The average molecular weight is 760 g/mol. The Labute approximate surface area is 342 Å². The van der Waals surface area contributed by atoms with Crippen LogP contribution in [0.4, 0.5) is 11.4 Å². The molecule has 13 rings (SSSR count). The van der Waals surface area contributed by atoms with Gasteiger partial charge in [0, 0.05) is 45.7 Å². The van der Waals surface area contributed by atoms with Gasteiger partial charge in [0.2, 0.25) is 0 Å². The maximum Gasteiger partial charge on any atom is 0.172 e. The lowest BCUT2D eigenvalue weighted by molar-refractivity contribution is 0.358. The summed E-state index contributed by atoms with van der Waals surface area (Å²) < 4.78 is 20.0. The van der Waals surface area contributed by atoms with Crippen LogP contribution in [0, 0.1) is 5.92 Å². The number of rotatable bonds is 4. The van der Waals surface area contributed by atoms with Crippen molar-refractivity contribution >= 4 is 38.9 Å². The number of furan rings is 1. The minimum absolute atomic E-state index is 0.255. The normalized spacial score (nSPS) is 20.1. The Morgan fingerprint density at radius 3 is 2.24 bits per heavy atom. The first-order valence-corrected chi connectivity index (χ1v) is 20.6. The molecule has 0 fully saturated rings. The van der Waals surface area contributed by atoms with Gasteiger partial charge in [-0.25, -0.2) is 0 Å². The smallest absolute Gasteiger partial charge is 0.172 e. The number of benzene rings is 7. The van der Waals surface area contributed by atoms with Crippen LogP contribution in [0.15, 0.2) is 198 Å². The number of ether oxygens (including phenoxy) is 2. The van der Waals surface area contributed by atoms with Crippen molar-refractivity contribution in [3.05, 3.63) is 222 Å². The van der Waals surface area contributed by atoms with E-state index in [9.17, 15) is 0 Å². The number of nitrogens with zero attached hydrogens (tertiary/aromatic N) is 1. The molecule has 1 spiro atoms. The molecule has 4 heteroatoms. The topological polar surface area (TPSA) is 34.8 Å². The number of hydrogen-bond donors (Lipinski definition) is 0. The third kappa shape index (κ3) is 4.60. The van der Waals surface area contributed by atoms with E-state index in [1.807, 2.05) is 12.1 Å². The quantitative estimate of drug-likeness (QED) is 0.179. The van der Waals surface area contributed by atoms with Crippen LogP contribution in [0.1, 0.15) is 46.6 Å². The SMILES string of the molecule is C1=CC2c3ccccc3C3(c4ccccc4-c4cc5c(cc43)Oc3ccc(N(C4=CC(c6cccc7oc8ccccc8c67)=CCC4)c4ccccc4)cc3O5)C2C=C1. The summed E-state index contributed by atoms with van der Waals surface area (Å²) in [7, 11) is 0. The number of anilines is 2. The zero-order valence-electron chi connectivity index (χ0n) is 32.1. The van der Waals surface area contributed by atoms with E-state index < -0.39 is 0 Å². The number of fused-ring (bicyclic) bond motifs is 15. The Hall–Kier alpha value is -7.30. The third-order valence-electron chi connectivity index (χ3n) is 13.3. The van der Waals surface area contributed by atoms with E-state index in [-0.39, 0.29) is 11.3 Å². The Kier molecular flexibility index (Phi) is 6.86. The molecule has 0 N–H and O–H groups in total. The first-order valence-electron chi connectivity index (χ1n) is 20.6. The predicted octanol–water partition coefficient (Wildman–Crippen LogP) is 14.5. The van der Waals surface area contributed by atoms with Gasteiger partial charge in [0.1, 0.15) is 11.2 Å². The van der Waals surface area contributed by atoms with Crippen LogP contribution in [-0.2, 0) is 5.41 Å². The van der Waals surface area contributed by atoms with Crippen LogP contribution in [0.25, 0.3) is 38.6 Å². The summed E-state index contributed by atoms with van der Waals surface area (Å²) in [6.45, 7) is 0. The van der Waals surface area contributed by atoms with E-state index in [1.165, 1.54) is 50.2 Å². The molecule has 4 nitrogen and oxygen atoms in total. The van der Waals surface area contributed by atoms with Gasteiger partial charge in [-0.2, -0.15) is 0 Å². The van der Waals surface area contributed by atoms with E-state index in [0.717, 1.165) is 57.7 Å². The van der Waals surface area contributed by atoms with Gasteiger partial charge in [-0.15, -0.1) is 0 Å². The maximum atomic E-state index is 6.91. The Morgan fingerprint density at radius 1 is 0.542 bits per heavy atom. The van der Waals surface area contributed by atoms with Gasteiger partial charge < -0.3 is 18.8 Å². The van der Waals surface area contributed by atoms with Crippen molar-refractivity contribution < 1.29 is 13.9 Å². The second-order valence-electron chi connectivity index (χ2n) is 16.2. The highest BCUT2D eigenvalue weighted by molar-refractivity contribution is 6.11. The largest absolute Gasteiger partial charge is 0.456 e. The highest BCUT2D eigenvalue weighted by Gasteiger charge is 2.57. The summed E-state index contributed by atoms with van der Waals surface area (Å²) in [6.07, 6.45) is 15.7. The molecule has 0 saturated heterocycles. The summed E-state index contributed by atoms with van der Waals surface area (Å²) in [5.41, 5.74) is 15.0. The summed E-state index contributed by atoms with van der Waals surface area (Å²) >= 11 is 0. The van der Waals surface area contributed by atoms with E-state index >= 15 is 0 Å². The van der Waals surface area contributed by atoms with Crippen LogP contribution in [0.5, 0.6) is 23.0 Å². The minimum Gasteiger partial charge on any atom is -0.456 e. The fourth-order valence-corrected chi connectivity index (χ4v) is 10.9. The molecule has 0 bridgehead atoms. The molecule has 1 aliphatic heterocycles. The second-order valence-corrected chi connectivity index (χ2v) is 16.2. The fourth-order valence-electron chi connectivity index (χ4n) is 10.9. The van der Waals surface area contributed by atoms with Crippen molar-refractivity contribution in [3.63, 3.8) is 0 Å². The number of para-hydroxylation sites is 2. The third-order valence-corrected chi connectivity index (χ3v) is 13.3. The van der Waals surface area contributed by atoms with Gasteiger partial charge in [-0.3, -0.25) is 0 Å². The van der Waals surface area contributed by atoms with Gasteiger partial charge >= 0.3 is 0 Å². The van der Waals surface area contributed by atoms with Gasteiger partial charge in [-0.1, -0.05) is 127 Å². The zero-order chi connectivity index (χ0) is 38.7. The lowest BCUT2D eigenvalue weighted by Gasteiger charge is -2.36. The number of allylic oxidation sites excluding steroid dienone is 8.